The van der Waals surface area contributed by atoms with Gasteiger partial charge in [-0.15, -0.1) is 0 Å². The third-order valence-corrected chi connectivity index (χ3v) is 3.09. The van der Waals surface area contributed by atoms with Gasteiger partial charge in [0.1, 0.15) is 11.5 Å². The molecule has 0 fully saturated rings. The van der Waals surface area contributed by atoms with Gasteiger partial charge in [-0.05, 0) is 36.8 Å². The van der Waals surface area contributed by atoms with Crippen molar-refractivity contribution in [2.45, 2.75) is 13.3 Å². The lowest BCUT2D eigenvalue weighted by Crippen LogP contribution is -2.13. The third kappa shape index (κ3) is 3.69. The average Bonchev–Trinajstić information content (AvgIpc) is 2.54. The summed E-state index contributed by atoms with van der Waals surface area (Å²) >= 11 is 0. The number of nitrogens with two attached hydrogens (primary N) is 1. The first-order chi connectivity index (χ1) is 10.7. The Morgan fingerprint density at radius 3 is 2.64 bits per heavy atom. The second-order valence-electron chi connectivity index (χ2n) is 4.76. The van der Waals surface area contributed by atoms with Crippen molar-refractivity contribution in [2.24, 2.45) is 0 Å². The van der Waals surface area contributed by atoms with Gasteiger partial charge in [-0.25, -0.2) is 0 Å². The smallest absolute Gasteiger partial charge is 0.255 e. The van der Waals surface area contributed by atoms with Gasteiger partial charge in [-0.1, -0.05) is 19.1 Å². The van der Waals surface area contributed by atoms with E-state index in [2.05, 4.69) is 5.32 Å². The fourth-order valence-corrected chi connectivity index (χ4v) is 1.98. The second-order valence-corrected chi connectivity index (χ2v) is 4.76. The first kappa shape index (κ1) is 15.7. The van der Waals surface area contributed by atoms with Gasteiger partial charge in [0.05, 0.1) is 25.1 Å². The van der Waals surface area contributed by atoms with Gasteiger partial charge in [-0.2, -0.15) is 0 Å². The van der Waals surface area contributed by atoms with E-state index in [0.29, 0.717) is 35.0 Å². The molecule has 0 aliphatic carbocycles. The molecule has 0 spiro atoms. The Bertz CT molecular complexity index is 656. The van der Waals surface area contributed by atoms with Crippen LogP contribution < -0.4 is 20.5 Å². The first-order valence-corrected chi connectivity index (χ1v) is 7.12. The van der Waals surface area contributed by atoms with Crippen LogP contribution in [0.15, 0.2) is 42.5 Å². The van der Waals surface area contributed by atoms with E-state index >= 15 is 0 Å². The zero-order valence-corrected chi connectivity index (χ0v) is 12.8. The third-order valence-electron chi connectivity index (χ3n) is 3.09. The summed E-state index contributed by atoms with van der Waals surface area (Å²) in [6.45, 7) is 2.61. The van der Waals surface area contributed by atoms with E-state index in [1.54, 1.807) is 37.4 Å². The minimum absolute atomic E-state index is 0.252. The van der Waals surface area contributed by atoms with E-state index in [4.69, 9.17) is 15.2 Å². The quantitative estimate of drug-likeness (QED) is 0.803. The number of carbonyl (C=O) groups excluding carboxylic acids is 1. The molecular formula is C17H20N2O3. The van der Waals surface area contributed by atoms with Gasteiger partial charge in [-0.3, -0.25) is 4.79 Å². The van der Waals surface area contributed by atoms with Gasteiger partial charge in [0, 0.05) is 5.56 Å². The van der Waals surface area contributed by atoms with Gasteiger partial charge in [0.25, 0.3) is 5.91 Å². The largest absolute Gasteiger partial charge is 0.495 e. The minimum Gasteiger partial charge on any atom is -0.495 e. The average molecular weight is 300 g/mol. The lowest BCUT2D eigenvalue weighted by Gasteiger charge is -2.12. The number of ether oxygens (including phenoxy) is 2. The Hall–Kier alpha value is -2.69. The predicted molar refractivity (Wildman–Crippen MR) is 87.6 cm³/mol. The first-order valence-electron chi connectivity index (χ1n) is 7.12. The lowest BCUT2D eigenvalue weighted by atomic mass is 10.1. The summed E-state index contributed by atoms with van der Waals surface area (Å²) in [7, 11) is 1.56. The van der Waals surface area contributed by atoms with Crippen LogP contribution in [0.5, 0.6) is 11.5 Å². The molecule has 0 saturated carbocycles. The Morgan fingerprint density at radius 1 is 1.18 bits per heavy atom. The number of amides is 1. The molecule has 2 rings (SSSR count). The second kappa shape index (κ2) is 7.36. The summed E-state index contributed by atoms with van der Waals surface area (Å²) in [6.07, 6.45) is 0.898. The highest BCUT2D eigenvalue weighted by Gasteiger charge is 2.11. The highest BCUT2D eigenvalue weighted by atomic mass is 16.5. The number of para-hydroxylation sites is 2. The number of nitrogen functional groups attached to an aromatic ring is 1. The predicted octanol–water partition coefficient (Wildman–Crippen LogP) is 3.32. The molecular weight excluding hydrogens is 280 g/mol. The molecule has 5 nitrogen and oxygen atoms in total. The highest BCUT2D eigenvalue weighted by molar-refractivity contribution is 6.05. The molecule has 0 unspecified atom stereocenters. The Kier molecular flexibility index (Phi) is 5.25. The fourth-order valence-electron chi connectivity index (χ4n) is 1.98. The summed E-state index contributed by atoms with van der Waals surface area (Å²) in [6, 6.07) is 12.2. The molecule has 2 aromatic rings. The molecule has 0 radical (unpaired) electrons. The van der Waals surface area contributed by atoms with Crippen molar-refractivity contribution in [3.8, 4) is 11.5 Å². The SMILES string of the molecule is CCCOc1ccc(C(=O)Nc2ccccc2OC)cc1N. The van der Waals surface area contributed by atoms with Crippen molar-refractivity contribution < 1.29 is 14.3 Å². The van der Waals surface area contributed by atoms with Gasteiger partial charge in [0.15, 0.2) is 0 Å². The molecule has 0 bridgehead atoms. The summed E-state index contributed by atoms with van der Waals surface area (Å²) in [5, 5.41) is 2.81. The number of rotatable bonds is 6. The van der Waals surface area contributed by atoms with Crippen molar-refractivity contribution in [3.05, 3.63) is 48.0 Å². The van der Waals surface area contributed by atoms with Crippen molar-refractivity contribution >= 4 is 17.3 Å². The van der Waals surface area contributed by atoms with E-state index in [1.165, 1.54) is 0 Å². The lowest BCUT2D eigenvalue weighted by molar-refractivity contribution is 0.102. The highest BCUT2D eigenvalue weighted by Crippen LogP contribution is 2.26. The number of hydrogen-bond donors (Lipinski definition) is 2. The summed E-state index contributed by atoms with van der Waals surface area (Å²) < 4.78 is 10.7. The summed E-state index contributed by atoms with van der Waals surface area (Å²) in [5.41, 5.74) is 7.44. The minimum atomic E-state index is -0.252. The number of nitrogens with one attached hydrogen (secondary N) is 1. The van der Waals surface area contributed by atoms with Crippen LogP contribution in [0.25, 0.3) is 0 Å². The fraction of sp³-hybridized carbons (Fsp3) is 0.235. The number of methoxy groups -OCH3 is 1. The molecule has 0 heterocycles. The van der Waals surface area contributed by atoms with Crippen molar-refractivity contribution in [3.63, 3.8) is 0 Å². The van der Waals surface area contributed by atoms with Crippen LogP contribution in [0.3, 0.4) is 0 Å². The molecule has 0 aromatic heterocycles. The Labute approximate surface area is 130 Å². The van der Waals surface area contributed by atoms with E-state index in [-0.39, 0.29) is 5.91 Å². The van der Waals surface area contributed by atoms with Crippen LogP contribution in [0.2, 0.25) is 0 Å². The van der Waals surface area contributed by atoms with Crippen LogP contribution >= 0.6 is 0 Å². The number of benzene rings is 2. The monoisotopic (exact) mass is 300 g/mol. The molecule has 0 aliphatic heterocycles. The molecule has 116 valence electrons. The molecule has 3 N–H and O–H groups in total. The number of carbonyl (C=O) groups is 1. The van der Waals surface area contributed by atoms with E-state index in [0.717, 1.165) is 6.42 Å². The maximum Gasteiger partial charge on any atom is 0.255 e. The normalized spacial score (nSPS) is 10.1. The Balaban J connectivity index is 2.14. The molecule has 2 aromatic carbocycles. The van der Waals surface area contributed by atoms with Gasteiger partial charge >= 0.3 is 0 Å². The summed E-state index contributed by atoms with van der Waals surface area (Å²) in [5.74, 6) is 0.945. The standard InChI is InChI=1S/C17H20N2O3/c1-3-10-22-15-9-8-12(11-13(15)18)17(20)19-14-6-4-5-7-16(14)21-2/h4-9,11H,3,10,18H2,1-2H3,(H,19,20). The van der Waals surface area contributed by atoms with Crippen LogP contribution in [0.4, 0.5) is 11.4 Å². The molecule has 5 heteroatoms. The maximum atomic E-state index is 12.3. The van der Waals surface area contributed by atoms with Crippen molar-refractivity contribution in [1.82, 2.24) is 0 Å². The zero-order chi connectivity index (χ0) is 15.9. The van der Waals surface area contributed by atoms with Crippen LogP contribution in [-0.4, -0.2) is 19.6 Å². The van der Waals surface area contributed by atoms with Crippen LogP contribution in [-0.2, 0) is 0 Å². The maximum absolute atomic E-state index is 12.3. The van der Waals surface area contributed by atoms with Gasteiger partial charge in [0.2, 0.25) is 0 Å². The molecule has 0 saturated heterocycles. The van der Waals surface area contributed by atoms with Crippen LogP contribution in [0, 0.1) is 0 Å². The van der Waals surface area contributed by atoms with E-state index < -0.39 is 0 Å². The van der Waals surface area contributed by atoms with Crippen molar-refractivity contribution in [1.29, 1.82) is 0 Å². The number of anilines is 2. The summed E-state index contributed by atoms with van der Waals surface area (Å²) in [4.78, 5) is 12.3. The zero-order valence-electron chi connectivity index (χ0n) is 12.8. The molecule has 22 heavy (non-hydrogen) atoms. The van der Waals surface area contributed by atoms with Crippen molar-refractivity contribution in [2.75, 3.05) is 24.8 Å². The molecule has 0 atom stereocenters. The van der Waals surface area contributed by atoms with Crippen LogP contribution in [0.1, 0.15) is 23.7 Å². The van der Waals surface area contributed by atoms with E-state index in [1.807, 2.05) is 19.1 Å². The molecule has 1 amide bonds. The molecule has 0 aliphatic rings. The van der Waals surface area contributed by atoms with E-state index in [9.17, 15) is 4.79 Å². The van der Waals surface area contributed by atoms with Gasteiger partial charge < -0.3 is 20.5 Å². The Morgan fingerprint density at radius 2 is 1.95 bits per heavy atom. The number of hydrogen-bond acceptors (Lipinski definition) is 4. The topological polar surface area (TPSA) is 73.6 Å².